The molecule has 2 amide bonds. The van der Waals surface area contributed by atoms with Crippen LogP contribution in [0.25, 0.3) is 0 Å². The second kappa shape index (κ2) is 15.6. The number of aliphatic carboxylic acids is 1. The van der Waals surface area contributed by atoms with E-state index in [2.05, 4.69) is 30.5 Å². The molecule has 2 saturated heterocycles. The number of carbonyl (C=O) groups is 3. The molecule has 280 valence electrons. The molecular weight excluding hydrogens is 739 g/mol. The number of thiazole rings is 1. The lowest BCUT2D eigenvalue weighted by molar-refractivity contribution is -0.150. The highest BCUT2D eigenvalue weighted by molar-refractivity contribution is 7.86. The first kappa shape index (κ1) is 37.0. The van der Waals surface area contributed by atoms with Crippen molar-refractivity contribution in [1.29, 1.82) is 0 Å². The van der Waals surface area contributed by atoms with Crippen molar-refractivity contribution >= 4 is 50.8 Å². The van der Waals surface area contributed by atoms with Crippen molar-refractivity contribution < 1.29 is 37.3 Å². The molecule has 1 aromatic heterocycles. The number of aromatic nitrogens is 1. The van der Waals surface area contributed by atoms with Crippen LogP contribution in [-0.4, -0.2) is 90.5 Å². The number of oxime groups is 1. The molecule has 0 radical (unpaired) electrons. The van der Waals surface area contributed by atoms with Crippen LogP contribution in [0.5, 0.6) is 0 Å². The van der Waals surface area contributed by atoms with Gasteiger partial charge < -0.3 is 20.6 Å². The fourth-order valence-electron chi connectivity index (χ4n) is 7.36. The molecule has 3 aromatic carbocycles. The Morgan fingerprint density at radius 3 is 2.06 bits per heavy atom. The second-order valence-corrected chi connectivity index (χ2v) is 15.4. The first-order chi connectivity index (χ1) is 26.1. The van der Waals surface area contributed by atoms with Gasteiger partial charge in [-0.25, -0.2) is 9.78 Å². The van der Waals surface area contributed by atoms with Gasteiger partial charge in [0.2, 0.25) is 0 Å². The molecule has 3 N–H and O–H groups in total. The van der Waals surface area contributed by atoms with Gasteiger partial charge in [-0.3, -0.25) is 23.6 Å². The summed E-state index contributed by atoms with van der Waals surface area (Å²) >= 11 is 1.09. The fraction of sp³-hybridized carbons (Fsp3) is 0.289. The van der Waals surface area contributed by atoms with Crippen molar-refractivity contribution in [3.8, 4) is 0 Å². The van der Waals surface area contributed by atoms with Crippen LogP contribution in [0.4, 0.5) is 13.9 Å². The van der Waals surface area contributed by atoms with Crippen LogP contribution >= 0.6 is 11.3 Å². The number of hydrogen-bond acceptors (Lipinski definition) is 10. The van der Waals surface area contributed by atoms with E-state index in [-0.39, 0.29) is 23.2 Å². The summed E-state index contributed by atoms with van der Waals surface area (Å²) in [6.45, 7) is -0.0423. The molecule has 3 aliphatic heterocycles. The van der Waals surface area contributed by atoms with Gasteiger partial charge in [0.05, 0.1) is 16.6 Å². The van der Waals surface area contributed by atoms with Gasteiger partial charge in [0.15, 0.2) is 10.8 Å². The molecule has 54 heavy (non-hydrogen) atoms. The number of rotatable bonds is 13. The zero-order chi connectivity index (χ0) is 38.0. The van der Waals surface area contributed by atoms with E-state index in [4.69, 9.17) is 0 Å². The number of halogens is 2. The molecule has 7 rings (SSSR count). The highest BCUT2D eigenvalue weighted by atomic mass is 32.2. The van der Waals surface area contributed by atoms with Gasteiger partial charge in [0, 0.05) is 11.4 Å². The maximum atomic E-state index is 13.8. The number of carbonyl (C=O) groups excluding carboxylic acids is 2. The van der Waals surface area contributed by atoms with Gasteiger partial charge in [-0.15, -0.1) is 11.3 Å². The van der Waals surface area contributed by atoms with Crippen molar-refractivity contribution in [2.24, 2.45) is 5.16 Å². The maximum absolute atomic E-state index is 13.8. The molecule has 3 unspecified atom stereocenters. The van der Waals surface area contributed by atoms with E-state index >= 15 is 0 Å². The predicted octanol–water partition coefficient (Wildman–Crippen LogP) is 4.73. The number of alkyl halides is 2. The van der Waals surface area contributed by atoms with Crippen LogP contribution in [0, 0.1) is 0 Å². The van der Waals surface area contributed by atoms with Gasteiger partial charge in [0.1, 0.15) is 28.3 Å². The third-order valence-electron chi connectivity index (χ3n) is 9.94. The number of benzene rings is 3. The third-order valence-corrected chi connectivity index (χ3v) is 12.3. The Balaban J connectivity index is 1.19. The number of anilines is 1. The number of carboxylic acid groups (broad SMARTS) is 1. The van der Waals surface area contributed by atoms with Crippen molar-refractivity contribution in [2.75, 3.05) is 24.2 Å². The van der Waals surface area contributed by atoms with E-state index in [0.29, 0.717) is 10.7 Å². The number of β-lactam (4-membered cyclic amide) rings is 1. The number of amides is 2. The Kier molecular flexibility index (Phi) is 10.7. The molecule has 2 fully saturated rings. The number of likely N-dealkylation sites (tertiary alicyclic amines) is 1. The lowest BCUT2D eigenvalue weighted by atomic mass is 9.77. The third kappa shape index (κ3) is 6.92. The molecule has 0 saturated carbocycles. The summed E-state index contributed by atoms with van der Waals surface area (Å²) in [6, 6.07) is 27.2. The lowest BCUT2D eigenvalue weighted by Crippen LogP contribution is -2.74. The minimum absolute atomic E-state index is 0.108. The molecular formula is C38H36F2N6O6S2. The minimum Gasteiger partial charge on any atom is -0.477 e. The first-order valence-electron chi connectivity index (χ1n) is 17.2. The Morgan fingerprint density at radius 1 is 0.981 bits per heavy atom. The number of hydrogen-bond donors (Lipinski definition) is 3. The van der Waals surface area contributed by atoms with Crippen molar-refractivity contribution in [1.82, 2.24) is 20.1 Å². The van der Waals surface area contributed by atoms with Crippen molar-refractivity contribution in [3.63, 3.8) is 0 Å². The maximum Gasteiger partial charge on any atom is 0.407 e. The van der Waals surface area contributed by atoms with Gasteiger partial charge in [-0.05, 0) is 55.1 Å². The molecule has 16 heteroatoms. The zero-order valence-electron chi connectivity index (χ0n) is 28.9. The zero-order valence-corrected chi connectivity index (χ0v) is 30.6. The van der Waals surface area contributed by atoms with Crippen LogP contribution in [0.15, 0.2) is 113 Å². The van der Waals surface area contributed by atoms with Gasteiger partial charge in [0.25, 0.3) is 11.8 Å². The van der Waals surface area contributed by atoms with Crippen LogP contribution in [0.3, 0.4) is 0 Å². The van der Waals surface area contributed by atoms with E-state index in [9.17, 15) is 32.5 Å². The number of fused-ring (bicyclic) bond motifs is 1. The van der Waals surface area contributed by atoms with Gasteiger partial charge >= 0.3 is 12.6 Å². The summed E-state index contributed by atoms with van der Waals surface area (Å²) in [5, 5.41) is 20.2. The summed E-state index contributed by atoms with van der Waals surface area (Å²) in [7, 11) is -1.79. The van der Waals surface area contributed by atoms with E-state index in [1.807, 2.05) is 97.9 Å². The van der Waals surface area contributed by atoms with E-state index in [1.54, 1.807) is 0 Å². The summed E-state index contributed by atoms with van der Waals surface area (Å²) in [5.41, 5.74) is 0.947. The van der Waals surface area contributed by atoms with Crippen molar-refractivity contribution in [2.45, 2.75) is 49.4 Å². The Labute approximate surface area is 316 Å². The second-order valence-electron chi connectivity index (χ2n) is 13.0. The predicted molar refractivity (Wildman–Crippen MR) is 199 cm³/mol. The molecule has 4 aromatic rings. The smallest absolute Gasteiger partial charge is 0.407 e. The average molecular weight is 775 g/mol. The summed E-state index contributed by atoms with van der Waals surface area (Å²) in [6.07, 6.45) is 1.90. The highest BCUT2D eigenvalue weighted by Gasteiger charge is 2.58. The molecule has 0 bridgehead atoms. The standard InChI is InChI=1S/C38H36F2N6O6S2/c1-23(45-19-11-12-20-45)27-22-54(51)34-30(33(48)46(34)31(27)35(49)50)42-32(47)29(44-52-36(39)40)28-21-53-37(41-28)43-38(24-13-5-2-6-14-24,25-15-7-3-8-16-25)26-17-9-4-10-18-26/h2-10,13-18,21,23,30,34,36H,11-12,19-20,22H2,1H3,(H,41,43)(H,42,47)(H,49,50)/t23?,30?,34-,54?/m0/s1. The van der Waals surface area contributed by atoms with Crippen LogP contribution in [0.1, 0.15) is 42.1 Å². The van der Waals surface area contributed by atoms with Gasteiger partial charge in [-0.1, -0.05) is 96.2 Å². The molecule has 0 spiro atoms. The lowest BCUT2D eigenvalue weighted by Gasteiger charge is -2.50. The van der Waals surface area contributed by atoms with E-state index < -0.39 is 57.9 Å². The van der Waals surface area contributed by atoms with Crippen molar-refractivity contribution in [3.05, 3.63) is 130 Å². The van der Waals surface area contributed by atoms with E-state index in [1.165, 1.54) is 5.38 Å². The number of nitrogens with zero attached hydrogens (tertiary/aromatic N) is 4. The Hall–Kier alpha value is -5.32. The molecule has 0 aliphatic carbocycles. The first-order valence-corrected chi connectivity index (χ1v) is 19.5. The normalized spacial score (nSPS) is 21.0. The van der Waals surface area contributed by atoms with Crippen LogP contribution in [-0.2, 0) is 35.6 Å². The minimum atomic E-state index is -3.38. The van der Waals surface area contributed by atoms with Gasteiger partial charge in [-0.2, -0.15) is 8.78 Å². The Morgan fingerprint density at radius 2 is 1.54 bits per heavy atom. The molecule has 4 heterocycles. The summed E-state index contributed by atoms with van der Waals surface area (Å²) in [5.74, 6) is -3.34. The summed E-state index contributed by atoms with van der Waals surface area (Å²) < 4.78 is 40.2. The number of carboxylic acids is 1. The van der Waals surface area contributed by atoms with Crippen LogP contribution in [0.2, 0.25) is 0 Å². The topological polar surface area (TPSA) is 154 Å². The highest BCUT2D eigenvalue weighted by Crippen LogP contribution is 2.41. The fourth-order valence-corrected chi connectivity index (χ4v) is 9.90. The SMILES string of the molecule is CC(C1=C(C(=O)O)N2C(=O)C(NC(=O)C(=NOC(F)F)c3csc(NC(c4ccccc4)(c4ccccc4)c4ccccc4)n3)[C@@H]2S(=O)C1)N1CCCC1. The van der Waals surface area contributed by atoms with E-state index in [0.717, 1.165) is 58.9 Å². The molecule has 3 aliphatic rings. The monoisotopic (exact) mass is 774 g/mol. The van der Waals surface area contributed by atoms with Crippen LogP contribution < -0.4 is 10.6 Å². The summed E-state index contributed by atoms with van der Waals surface area (Å²) in [4.78, 5) is 51.6. The molecule has 12 nitrogen and oxygen atoms in total. The average Bonchev–Trinajstić information content (AvgIpc) is 3.90. The quantitative estimate of drug-likeness (QED) is 0.0758. The Bertz CT molecular complexity index is 2010. The largest absolute Gasteiger partial charge is 0.477 e. The number of nitrogens with one attached hydrogen (secondary N) is 2. The molecule has 4 atom stereocenters.